The smallest absolute Gasteiger partial charge is 0.341 e. The molecule has 0 unspecified atom stereocenters. The van der Waals surface area contributed by atoms with E-state index < -0.39 is 5.97 Å². The molecule has 0 amide bonds. The van der Waals surface area contributed by atoms with Crippen molar-refractivity contribution >= 4 is 18.4 Å². The Hall–Kier alpha value is -1.29. The number of carboxylic acids is 1. The van der Waals surface area contributed by atoms with E-state index in [0.717, 1.165) is 17.8 Å². The van der Waals surface area contributed by atoms with Crippen molar-refractivity contribution in [3.05, 3.63) is 23.5 Å². The maximum absolute atomic E-state index is 10.3. The summed E-state index contributed by atoms with van der Waals surface area (Å²) >= 11 is 0. The van der Waals surface area contributed by atoms with Crippen LogP contribution >= 0.6 is 12.4 Å². The van der Waals surface area contributed by atoms with Crippen molar-refractivity contribution in [2.75, 3.05) is 6.61 Å². The Morgan fingerprint density at radius 2 is 2.20 bits per heavy atom. The number of hydrogen-bond acceptors (Lipinski definition) is 3. The molecule has 0 aliphatic rings. The van der Waals surface area contributed by atoms with Gasteiger partial charge in [-0.15, -0.1) is 12.4 Å². The van der Waals surface area contributed by atoms with Gasteiger partial charge in [0.2, 0.25) is 0 Å². The van der Waals surface area contributed by atoms with Gasteiger partial charge in [-0.3, -0.25) is 4.98 Å². The molecule has 0 spiro atoms. The predicted molar refractivity (Wildman–Crippen MR) is 58.7 cm³/mol. The van der Waals surface area contributed by atoms with Gasteiger partial charge in [-0.2, -0.15) is 0 Å². The minimum atomic E-state index is -0.979. The summed E-state index contributed by atoms with van der Waals surface area (Å²) in [6.07, 6.45) is 0.733. The maximum Gasteiger partial charge on any atom is 0.341 e. The zero-order chi connectivity index (χ0) is 10.6. The number of nitrogens with zero attached hydrogens (tertiary/aromatic N) is 1. The SMILES string of the molecule is CCc1nc(C)ccc1OCC(=O)O.Cl. The Morgan fingerprint density at radius 1 is 1.53 bits per heavy atom. The van der Waals surface area contributed by atoms with E-state index in [9.17, 15) is 4.79 Å². The van der Waals surface area contributed by atoms with Crippen molar-refractivity contribution in [2.45, 2.75) is 20.3 Å². The number of hydrogen-bond donors (Lipinski definition) is 1. The van der Waals surface area contributed by atoms with Gasteiger partial charge in [-0.1, -0.05) is 6.92 Å². The van der Waals surface area contributed by atoms with Crippen molar-refractivity contribution in [1.82, 2.24) is 4.98 Å². The van der Waals surface area contributed by atoms with Crippen molar-refractivity contribution in [3.63, 3.8) is 0 Å². The molecule has 0 saturated heterocycles. The summed E-state index contributed by atoms with van der Waals surface area (Å²) < 4.78 is 5.08. The fourth-order valence-corrected chi connectivity index (χ4v) is 1.12. The lowest BCUT2D eigenvalue weighted by molar-refractivity contribution is -0.139. The Balaban J connectivity index is 0.00000196. The molecule has 0 bridgehead atoms. The van der Waals surface area contributed by atoms with Crippen LogP contribution in [0.3, 0.4) is 0 Å². The number of rotatable bonds is 4. The van der Waals surface area contributed by atoms with Crippen LogP contribution in [0.15, 0.2) is 12.1 Å². The first-order valence-corrected chi connectivity index (χ1v) is 4.44. The van der Waals surface area contributed by atoms with Gasteiger partial charge < -0.3 is 9.84 Å². The van der Waals surface area contributed by atoms with Crippen LogP contribution in [-0.4, -0.2) is 22.7 Å². The average molecular weight is 232 g/mol. The van der Waals surface area contributed by atoms with Crippen molar-refractivity contribution in [2.24, 2.45) is 0 Å². The molecule has 0 atom stereocenters. The van der Waals surface area contributed by atoms with Gasteiger partial charge in [-0.05, 0) is 25.5 Å². The van der Waals surface area contributed by atoms with Crippen molar-refractivity contribution < 1.29 is 14.6 Å². The minimum Gasteiger partial charge on any atom is -0.480 e. The normalized spacial score (nSPS) is 9.20. The van der Waals surface area contributed by atoms with Crippen LogP contribution < -0.4 is 4.74 Å². The van der Waals surface area contributed by atoms with Gasteiger partial charge in [0.25, 0.3) is 0 Å². The van der Waals surface area contributed by atoms with Gasteiger partial charge in [0.1, 0.15) is 5.75 Å². The number of aryl methyl sites for hydroxylation is 2. The molecular formula is C10H14ClNO3. The number of halogens is 1. The summed E-state index contributed by atoms with van der Waals surface area (Å²) in [7, 11) is 0. The molecular weight excluding hydrogens is 218 g/mol. The summed E-state index contributed by atoms with van der Waals surface area (Å²) in [4.78, 5) is 14.5. The molecule has 0 aliphatic heterocycles. The molecule has 1 aromatic heterocycles. The van der Waals surface area contributed by atoms with Crippen LogP contribution in [0, 0.1) is 6.92 Å². The first-order chi connectivity index (χ1) is 6.63. The number of pyridine rings is 1. The fourth-order valence-electron chi connectivity index (χ4n) is 1.12. The van der Waals surface area contributed by atoms with E-state index in [-0.39, 0.29) is 19.0 Å². The van der Waals surface area contributed by atoms with Crippen LogP contribution in [-0.2, 0) is 11.2 Å². The molecule has 0 radical (unpaired) electrons. The zero-order valence-corrected chi connectivity index (χ0v) is 9.50. The number of carboxylic acid groups (broad SMARTS) is 1. The molecule has 5 heteroatoms. The first kappa shape index (κ1) is 13.7. The lowest BCUT2D eigenvalue weighted by atomic mass is 10.2. The van der Waals surface area contributed by atoms with Gasteiger partial charge in [0, 0.05) is 5.69 Å². The van der Waals surface area contributed by atoms with E-state index in [1.807, 2.05) is 13.8 Å². The third-order valence-corrected chi connectivity index (χ3v) is 1.76. The Labute approximate surface area is 94.7 Å². The van der Waals surface area contributed by atoms with Crippen LogP contribution in [0.4, 0.5) is 0 Å². The first-order valence-electron chi connectivity index (χ1n) is 4.44. The second-order valence-corrected chi connectivity index (χ2v) is 2.93. The second kappa shape index (κ2) is 6.24. The van der Waals surface area contributed by atoms with Crippen LogP contribution in [0.5, 0.6) is 5.75 Å². The van der Waals surface area contributed by atoms with Crippen LogP contribution in [0.25, 0.3) is 0 Å². The second-order valence-electron chi connectivity index (χ2n) is 2.93. The molecule has 1 heterocycles. The lowest BCUT2D eigenvalue weighted by Crippen LogP contribution is -2.11. The summed E-state index contributed by atoms with van der Waals surface area (Å²) in [6.45, 7) is 3.52. The van der Waals surface area contributed by atoms with Crippen molar-refractivity contribution in [1.29, 1.82) is 0 Å². The highest BCUT2D eigenvalue weighted by atomic mass is 35.5. The van der Waals surface area contributed by atoms with E-state index in [1.165, 1.54) is 0 Å². The molecule has 84 valence electrons. The zero-order valence-electron chi connectivity index (χ0n) is 8.69. The average Bonchev–Trinajstić information content (AvgIpc) is 2.15. The molecule has 4 nitrogen and oxygen atoms in total. The van der Waals surface area contributed by atoms with Crippen LogP contribution in [0.1, 0.15) is 18.3 Å². The molecule has 15 heavy (non-hydrogen) atoms. The fraction of sp³-hybridized carbons (Fsp3) is 0.400. The molecule has 0 saturated carbocycles. The standard InChI is InChI=1S/C10H13NO3.ClH/c1-3-8-9(14-6-10(12)13)5-4-7(2)11-8;/h4-5H,3,6H2,1-2H3,(H,12,13);1H. The molecule has 0 aliphatic carbocycles. The Bertz CT molecular complexity index is 341. The van der Waals surface area contributed by atoms with E-state index in [4.69, 9.17) is 9.84 Å². The minimum absolute atomic E-state index is 0. The van der Waals surface area contributed by atoms with Crippen LogP contribution in [0.2, 0.25) is 0 Å². The van der Waals surface area contributed by atoms with Gasteiger partial charge >= 0.3 is 5.97 Å². The van der Waals surface area contributed by atoms with Gasteiger partial charge in [0.15, 0.2) is 6.61 Å². The molecule has 1 aromatic rings. The maximum atomic E-state index is 10.3. The number of aromatic nitrogens is 1. The molecule has 0 aromatic carbocycles. The number of ether oxygens (including phenoxy) is 1. The van der Waals surface area contributed by atoms with Crippen molar-refractivity contribution in [3.8, 4) is 5.75 Å². The summed E-state index contributed by atoms with van der Waals surface area (Å²) in [5, 5.41) is 8.45. The molecule has 1 rings (SSSR count). The highest BCUT2D eigenvalue weighted by Crippen LogP contribution is 2.17. The number of aliphatic carboxylic acids is 1. The predicted octanol–water partition coefficient (Wildman–Crippen LogP) is 1.84. The molecule has 0 fully saturated rings. The van der Waals surface area contributed by atoms with E-state index in [1.54, 1.807) is 12.1 Å². The Kier molecular flexibility index (Phi) is 5.70. The Morgan fingerprint density at radius 3 is 2.73 bits per heavy atom. The van der Waals surface area contributed by atoms with E-state index >= 15 is 0 Å². The van der Waals surface area contributed by atoms with E-state index in [0.29, 0.717) is 5.75 Å². The van der Waals surface area contributed by atoms with E-state index in [2.05, 4.69) is 4.98 Å². The quantitative estimate of drug-likeness (QED) is 0.859. The summed E-state index contributed by atoms with van der Waals surface area (Å²) in [5.74, 6) is -0.423. The monoisotopic (exact) mass is 231 g/mol. The summed E-state index contributed by atoms with van der Waals surface area (Å²) in [6, 6.07) is 3.56. The van der Waals surface area contributed by atoms with Gasteiger partial charge in [-0.25, -0.2) is 4.79 Å². The van der Waals surface area contributed by atoms with Gasteiger partial charge in [0.05, 0.1) is 5.69 Å². The molecule has 1 N–H and O–H groups in total. The highest BCUT2D eigenvalue weighted by molar-refractivity contribution is 5.85. The third kappa shape index (κ3) is 4.16. The highest BCUT2D eigenvalue weighted by Gasteiger charge is 2.05. The lowest BCUT2D eigenvalue weighted by Gasteiger charge is -2.07. The largest absolute Gasteiger partial charge is 0.480 e. The summed E-state index contributed by atoms with van der Waals surface area (Å²) in [5.41, 5.74) is 1.70. The topological polar surface area (TPSA) is 59.4 Å². The third-order valence-electron chi connectivity index (χ3n) is 1.76. The number of carbonyl (C=O) groups is 1.